The number of hydrogen-bond acceptors (Lipinski definition) is 6. The van der Waals surface area contributed by atoms with Crippen LogP contribution in [-0.2, 0) is 9.84 Å². The fraction of sp³-hybridized carbons (Fsp3) is 0.190. The van der Waals surface area contributed by atoms with Crippen molar-refractivity contribution in [2.45, 2.75) is 9.79 Å². The van der Waals surface area contributed by atoms with Gasteiger partial charge < -0.3 is 4.90 Å². The van der Waals surface area contributed by atoms with E-state index < -0.39 is 9.84 Å². The van der Waals surface area contributed by atoms with Crippen molar-refractivity contribution in [3.05, 3.63) is 65.9 Å². The van der Waals surface area contributed by atoms with E-state index >= 15 is 0 Å². The van der Waals surface area contributed by atoms with Crippen molar-refractivity contribution in [3.8, 4) is 6.07 Å². The molecule has 1 saturated heterocycles. The van der Waals surface area contributed by atoms with Crippen LogP contribution in [0, 0.1) is 11.3 Å². The molecule has 0 aliphatic carbocycles. The maximum Gasteiger partial charge on any atom is 0.256 e. The summed E-state index contributed by atoms with van der Waals surface area (Å²) in [6, 6.07) is 14.6. The van der Waals surface area contributed by atoms with Gasteiger partial charge in [0.25, 0.3) is 5.91 Å². The van der Waals surface area contributed by atoms with E-state index in [1.54, 1.807) is 40.9 Å². The minimum absolute atomic E-state index is 0.0314. The van der Waals surface area contributed by atoms with Crippen LogP contribution in [0.25, 0.3) is 10.9 Å². The summed E-state index contributed by atoms with van der Waals surface area (Å²) in [6.07, 6.45) is 1.36. The minimum Gasteiger partial charge on any atom is -0.337 e. The number of aromatic nitrogens is 1. The number of nitrogens with zero attached hydrogens (tertiary/aromatic N) is 3. The van der Waals surface area contributed by atoms with Crippen molar-refractivity contribution in [3.63, 3.8) is 0 Å². The SMILES string of the molecule is N#Cc1ccc(S(=O)(=O)c2c(C(=O)N3CCSCC3)cnc3ccccc23)cc1. The van der Waals surface area contributed by atoms with Crippen molar-refractivity contribution in [2.24, 2.45) is 0 Å². The van der Waals surface area contributed by atoms with Gasteiger partial charge in [0.1, 0.15) is 0 Å². The summed E-state index contributed by atoms with van der Waals surface area (Å²) in [4.78, 5) is 19.2. The Morgan fingerprint density at radius 3 is 2.45 bits per heavy atom. The van der Waals surface area contributed by atoms with Crippen LogP contribution in [0.4, 0.5) is 0 Å². The molecular weight excluding hydrogens is 406 g/mol. The molecule has 1 aliphatic heterocycles. The van der Waals surface area contributed by atoms with Gasteiger partial charge in [0, 0.05) is 36.2 Å². The van der Waals surface area contributed by atoms with Gasteiger partial charge in [-0.1, -0.05) is 18.2 Å². The van der Waals surface area contributed by atoms with Crippen molar-refractivity contribution in [1.29, 1.82) is 5.26 Å². The van der Waals surface area contributed by atoms with Gasteiger partial charge >= 0.3 is 0 Å². The molecule has 0 bridgehead atoms. The third-order valence-electron chi connectivity index (χ3n) is 4.82. The molecule has 2 aromatic carbocycles. The lowest BCUT2D eigenvalue weighted by molar-refractivity contribution is 0.0768. The molecule has 6 nitrogen and oxygen atoms in total. The van der Waals surface area contributed by atoms with E-state index in [9.17, 15) is 13.2 Å². The molecule has 1 aliphatic rings. The standard InChI is InChI=1S/C21H17N3O3S2/c22-13-15-5-7-16(8-6-15)29(26,27)20-17-3-1-2-4-19(17)23-14-18(20)21(25)24-9-11-28-12-10-24/h1-8,14H,9-12H2. The Morgan fingerprint density at radius 2 is 1.76 bits per heavy atom. The lowest BCUT2D eigenvalue weighted by Crippen LogP contribution is -2.38. The maximum absolute atomic E-state index is 13.6. The largest absolute Gasteiger partial charge is 0.337 e. The van der Waals surface area contributed by atoms with Crippen molar-refractivity contribution in [1.82, 2.24) is 9.88 Å². The van der Waals surface area contributed by atoms with Gasteiger partial charge in [0.05, 0.1) is 32.5 Å². The number of hydrogen-bond donors (Lipinski definition) is 0. The Kier molecular flexibility index (Phi) is 5.26. The summed E-state index contributed by atoms with van der Waals surface area (Å²) in [7, 11) is -4.01. The third-order valence-corrected chi connectivity index (χ3v) is 7.63. The Bertz CT molecular complexity index is 1230. The van der Waals surface area contributed by atoms with E-state index in [4.69, 9.17) is 5.26 Å². The zero-order chi connectivity index (χ0) is 20.4. The van der Waals surface area contributed by atoms with Crippen LogP contribution >= 0.6 is 11.8 Å². The normalized spacial score (nSPS) is 14.5. The summed E-state index contributed by atoms with van der Waals surface area (Å²) < 4.78 is 27.1. The average molecular weight is 424 g/mol. The quantitative estimate of drug-likeness (QED) is 0.643. The Labute approximate surface area is 173 Å². The summed E-state index contributed by atoms with van der Waals surface area (Å²) in [6.45, 7) is 1.15. The van der Waals surface area contributed by atoms with Crippen molar-refractivity contribution in [2.75, 3.05) is 24.6 Å². The van der Waals surface area contributed by atoms with Crippen LogP contribution in [-0.4, -0.2) is 48.8 Å². The fourth-order valence-electron chi connectivity index (χ4n) is 3.32. The summed E-state index contributed by atoms with van der Waals surface area (Å²) >= 11 is 1.77. The van der Waals surface area contributed by atoms with E-state index in [0.717, 1.165) is 11.5 Å². The second-order valence-electron chi connectivity index (χ2n) is 6.56. The van der Waals surface area contributed by atoms with Crippen molar-refractivity contribution < 1.29 is 13.2 Å². The zero-order valence-corrected chi connectivity index (χ0v) is 17.0. The van der Waals surface area contributed by atoms with E-state index in [1.165, 1.54) is 30.5 Å². The lowest BCUT2D eigenvalue weighted by Gasteiger charge is -2.27. The fourth-order valence-corrected chi connectivity index (χ4v) is 5.85. The third kappa shape index (κ3) is 3.59. The molecule has 1 amide bonds. The summed E-state index contributed by atoms with van der Waals surface area (Å²) in [5, 5.41) is 9.40. The molecule has 1 fully saturated rings. The first-order chi connectivity index (χ1) is 14.0. The summed E-state index contributed by atoms with van der Waals surface area (Å²) in [5.74, 6) is 1.32. The highest BCUT2D eigenvalue weighted by Gasteiger charge is 2.30. The number of pyridine rings is 1. The highest BCUT2D eigenvalue weighted by atomic mass is 32.2. The van der Waals surface area contributed by atoms with Crippen LogP contribution in [0.15, 0.2) is 64.5 Å². The molecule has 0 radical (unpaired) electrons. The van der Waals surface area contributed by atoms with Crippen molar-refractivity contribution >= 4 is 38.4 Å². The summed E-state index contributed by atoms with van der Waals surface area (Å²) in [5.41, 5.74) is 0.955. The number of fused-ring (bicyclic) bond motifs is 1. The van der Waals surface area contributed by atoms with Gasteiger partial charge in [0.15, 0.2) is 0 Å². The second-order valence-corrected chi connectivity index (χ2v) is 9.67. The average Bonchev–Trinajstić information content (AvgIpc) is 2.78. The molecule has 146 valence electrons. The molecule has 0 unspecified atom stereocenters. The zero-order valence-electron chi connectivity index (χ0n) is 15.4. The molecule has 0 atom stereocenters. The van der Waals surface area contributed by atoms with Gasteiger partial charge in [-0.15, -0.1) is 0 Å². The predicted octanol–water partition coefficient (Wildman–Crippen LogP) is 3.13. The van der Waals surface area contributed by atoms with Gasteiger partial charge in [-0.3, -0.25) is 9.78 Å². The molecule has 0 spiro atoms. The lowest BCUT2D eigenvalue weighted by atomic mass is 10.1. The number of para-hydroxylation sites is 1. The van der Waals surface area contributed by atoms with Crippen LogP contribution < -0.4 is 0 Å². The minimum atomic E-state index is -4.01. The van der Waals surface area contributed by atoms with Gasteiger partial charge in [0.2, 0.25) is 9.84 Å². The molecule has 8 heteroatoms. The number of thioether (sulfide) groups is 1. The first-order valence-corrected chi connectivity index (χ1v) is 11.7. The molecule has 29 heavy (non-hydrogen) atoms. The monoisotopic (exact) mass is 423 g/mol. The number of carbonyl (C=O) groups excluding carboxylic acids is 1. The van der Waals surface area contributed by atoms with E-state index in [1.807, 2.05) is 6.07 Å². The molecule has 0 N–H and O–H groups in total. The topological polar surface area (TPSA) is 91.1 Å². The number of carbonyl (C=O) groups is 1. The van der Waals surface area contributed by atoms with E-state index in [-0.39, 0.29) is 21.3 Å². The first-order valence-electron chi connectivity index (χ1n) is 9.02. The van der Waals surface area contributed by atoms with Gasteiger partial charge in [-0.25, -0.2) is 8.42 Å². The first kappa shape index (κ1) is 19.4. The van der Waals surface area contributed by atoms with Gasteiger partial charge in [-0.2, -0.15) is 17.0 Å². The number of nitriles is 1. The molecule has 0 saturated carbocycles. The Morgan fingerprint density at radius 1 is 1.07 bits per heavy atom. The van der Waals surface area contributed by atoms with Gasteiger partial charge in [-0.05, 0) is 30.3 Å². The molecule has 2 heterocycles. The maximum atomic E-state index is 13.6. The number of amides is 1. The van der Waals surface area contributed by atoms with Crippen LogP contribution in [0.5, 0.6) is 0 Å². The molecule has 1 aromatic heterocycles. The number of benzene rings is 2. The van der Waals surface area contributed by atoms with E-state index in [0.29, 0.717) is 29.6 Å². The number of sulfone groups is 1. The van der Waals surface area contributed by atoms with Crippen LogP contribution in [0.3, 0.4) is 0 Å². The second kappa shape index (κ2) is 7.85. The highest BCUT2D eigenvalue weighted by molar-refractivity contribution is 7.99. The number of rotatable bonds is 3. The molecule has 4 rings (SSSR count). The highest BCUT2D eigenvalue weighted by Crippen LogP contribution is 2.31. The predicted molar refractivity (Wildman–Crippen MR) is 112 cm³/mol. The Hall–Kier alpha value is -2.89. The smallest absolute Gasteiger partial charge is 0.256 e. The van der Waals surface area contributed by atoms with Crippen LogP contribution in [0.1, 0.15) is 15.9 Å². The molecule has 3 aromatic rings. The van der Waals surface area contributed by atoms with E-state index in [2.05, 4.69) is 4.98 Å². The Balaban J connectivity index is 1.93. The molecular formula is C21H17N3O3S2. The van der Waals surface area contributed by atoms with Crippen LogP contribution in [0.2, 0.25) is 0 Å².